The molecular weight excluding hydrogens is 350 g/mol. The topological polar surface area (TPSA) is 45.6 Å². The van der Waals surface area contributed by atoms with Gasteiger partial charge < -0.3 is 14.4 Å². The van der Waals surface area contributed by atoms with Gasteiger partial charge in [0.15, 0.2) is 0 Å². The minimum Gasteiger partial charge on any atom is -0.348 e. The number of benzene rings is 1. The molecule has 1 unspecified atom stereocenters. The molecule has 1 aromatic carbocycles. The Hall–Kier alpha value is -2.27. The van der Waals surface area contributed by atoms with Gasteiger partial charge in [-0.1, -0.05) is 30.7 Å². The van der Waals surface area contributed by atoms with Crippen LogP contribution in [0.4, 0.5) is 0 Å². The Morgan fingerprint density at radius 3 is 2.54 bits per heavy atom. The fourth-order valence-corrected chi connectivity index (χ4v) is 3.63. The normalized spacial score (nSPS) is 16.3. The van der Waals surface area contributed by atoms with Gasteiger partial charge in [0, 0.05) is 43.0 Å². The molecule has 2 aromatic rings. The smallest absolute Gasteiger partial charge is 0.243 e. The van der Waals surface area contributed by atoms with Gasteiger partial charge in [0.05, 0.1) is 12.6 Å². The number of carbonyl (C=O) groups excluding carboxylic acids is 2. The van der Waals surface area contributed by atoms with Crippen LogP contribution in [0.1, 0.15) is 37.6 Å². The van der Waals surface area contributed by atoms with Crippen LogP contribution in [0.25, 0.3) is 0 Å². The molecule has 0 N–H and O–H groups in total. The summed E-state index contributed by atoms with van der Waals surface area (Å²) in [6.45, 7) is 5.75. The maximum absolute atomic E-state index is 13.1. The number of fused-ring (bicyclic) bond motifs is 1. The number of hydrogen-bond acceptors (Lipinski definition) is 2. The van der Waals surface area contributed by atoms with E-state index in [0.717, 1.165) is 17.8 Å². The zero-order chi connectivity index (χ0) is 18.7. The molecule has 2 amide bonds. The molecule has 0 spiro atoms. The number of hydrogen-bond donors (Lipinski definition) is 0. The van der Waals surface area contributed by atoms with E-state index >= 15 is 0 Å². The summed E-state index contributed by atoms with van der Waals surface area (Å²) in [7, 11) is 0. The highest BCUT2D eigenvalue weighted by molar-refractivity contribution is 6.30. The second kappa shape index (κ2) is 7.96. The van der Waals surface area contributed by atoms with Crippen molar-refractivity contribution in [2.45, 2.75) is 32.9 Å². The molecule has 26 heavy (non-hydrogen) atoms. The van der Waals surface area contributed by atoms with Crippen LogP contribution in [0.3, 0.4) is 0 Å². The summed E-state index contributed by atoms with van der Waals surface area (Å²) in [5.41, 5.74) is 2.10. The van der Waals surface area contributed by atoms with Crippen LogP contribution in [-0.2, 0) is 16.1 Å². The lowest BCUT2D eigenvalue weighted by Crippen LogP contribution is -2.47. The van der Waals surface area contributed by atoms with Crippen molar-refractivity contribution in [1.82, 2.24) is 14.4 Å². The Balaban J connectivity index is 1.90. The van der Waals surface area contributed by atoms with Gasteiger partial charge in [-0.15, -0.1) is 0 Å². The number of likely N-dealkylation sites (N-methyl/N-ethyl adjacent to an activating group) is 1. The standard InChI is InChI=1S/C20H24ClN3O2/c1-3-18(25)22(4-2)14-19(26)24-13-12-23-11-5-6-17(23)20(24)15-7-9-16(21)10-8-15/h5-11,20H,3-4,12-14H2,1-2H3. The quantitative estimate of drug-likeness (QED) is 0.807. The largest absolute Gasteiger partial charge is 0.348 e. The van der Waals surface area contributed by atoms with Crippen molar-refractivity contribution in [3.05, 3.63) is 58.9 Å². The van der Waals surface area contributed by atoms with Crippen molar-refractivity contribution in [3.63, 3.8) is 0 Å². The molecule has 0 fully saturated rings. The third-order valence-corrected chi connectivity index (χ3v) is 5.16. The van der Waals surface area contributed by atoms with Gasteiger partial charge >= 0.3 is 0 Å². The number of halogens is 1. The first-order valence-electron chi connectivity index (χ1n) is 9.02. The van der Waals surface area contributed by atoms with Crippen LogP contribution in [0.15, 0.2) is 42.6 Å². The highest BCUT2D eigenvalue weighted by atomic mass is 35.5. The predicted molar refractivity (Wildman–Crippen MR) is 102 cm³/mol. The predicted octanol–water partition coefficient (Wildman–Crippen LogP) is 3.33. The third-order valence-electron chi connectivity index (χ3n) is 4.91. The maximum Gasteiger partial charge on any atom is 0.243 e. The first kappa shape index (κ1) is 18.5. The minimum atomic E-state index is -0.168. The number of rotatable bonds is 5. The summed E-state index contributed by atoms with van der Waals surface area (Å²) in [4.78, 5) is 28.6. The lowest BCUT2D eigenvalue weighted by atomic mass is 10.00. The highest BCUT2D eigenvalue weighted by Gasteiger charge is 2.33. The van der Waals surface area contributed by atoms with Gasteiger partial charge in [0.1, 0.15) is 0 Å². The summed E-state index contributed by atoms with van der Waals surface area (Å²) in [5, 5.41) is 0.670. The Morgan fingerprint density at radius 1 is 1.15 bits per heavy atom. The van der Waals surface area contributed by atoms with Crippen molar-refractivity contribution in [2.24, 2.45) is 0 Å². The van der Waals surface area contributed by atoms with Gasteiger partial charge in [-0.05, 0) is 36.8 Å². The molecule has 138 valence electrons. The first-order chi connectivity index (χ1) is 12.5. The van der Waals surface area contributed by atoms with Crippen LogP contribution < -0.4 is 0 Å². The zero-order valence-corrected chi connectivity index (χ0v) is 15.9. The molecule has 2 heterocycles. The van der Waals surface area contributed by atoms with Gasteiger partial charge in [-0.2, -0.15) is 0 Å². The number of nitrogens with zero attached hydrogens (tertiary/aromatic N) is 3. The van der Waals surface area contributed by atoms with E-state index in [4.69, 9.17) is 11.6 Å². The maximum atomic E-state index is 13.1. The van der Waals surface area contributed by atoms with E-state index in [1.54, 1.807) is 4.90 Å². The van der Waals surface area contributed by atoms with Gasteiger partial charge in [-0.25, -0.2) is 0 Å². The lowest BCUT2D eigenvalue weighted by Gasteiger charge is -2.38. The van der Waals surface area contributed by atoms with E-state index in [0.29, 0.717) is 24.5 Å². The van der Waals surface area contributed by atoms with Crippen LogP contribution >= 0.6 is 11.6 Å². The highest BCUT2D eigenvalue weighted by Crippen LogP contribution is 2.33. The SMILES string of the molecule is CCC(=O)N(CC)CC(=O)N1CCn2cccc2C1c1ccc(Cl)cc1. The van der Waals surface area contributed by atoms with Crippen molar-refractivity contribution in [1.29, 1.82) is 0 Å². The van der Waals surface area contributed by atoms with Gasteiger partial charge in [0.2, 0.25) is 11.8 Å². The lowest BCUT2D eigenvalue weighted by molar-refractivity contribution is -0.141. The Kier molecular flexibility index (Phi) is 5.67. The fraction of sp³-hybridized carbons (Fsp3) is 0.400. The molecular formula is C20H24ClN3O2. The molecule has 1 aliphatic heterocycles. The monoisotopic (exact) mass is 373 g/mol. The second-order valence-corrected chi connectivity index (χ2v) is 6.87. The van der Waals surface area contributed by atoms with Crippen molar-refractivity contribution >= 4 is 23.4 Å². The number of carbonyl (C=O) groups is 2. The van der Waals surface area contributed by atoms with E-state index in [9.17, 15) is 9.59 Å². The third kappa shape index (κ3) is 3.63. The summed E-state index contributed by atoms with van der Waals surface area (Å²) < 4.78 is 2.18. The molecule has 5 nitrogen and oxygen atoms in total. The van der Waals surface area contributed by atoms with E-state index in [1.165, 1.54) is 0 Å². The van der Waals surface area contributed by atoms with E-state index in [2.05, 4.69) is 4.57 Å². The van der Waals surface area contributed by atoms with E-state index in [-0.39, 0.29) is 24.4 Å². The molecule has 0 radical (unpaired) electrons. The Bertz CT molecular complexity index is 785. The summed E-state index contributed by atoms with van der Waals surface area (Å²) in [6, 6.07) is 11.5. The van der Waals surface area contributed by atoms with Crippen molar-refractivity contribution in [2.75, 3.05) is 19.6 Å². The first-order valence-corrected chi connectivity index (χ1v) is 9.40. The van der Waals surface area contributed by atoms with Gasteiger partial charge in [0.25, 0.3) is 0 Å². The molecule has 0 bridgehead atoms. The van der Waals surface area contributed by atoms with Crippen LogP contribution in [-0.4, -0.2) is 45.8 Å². The summed E-state index contributed by atoms with van der Waals surface area (Å²) >= 11 is 6.04. The Labute approximate surface area is 159 Å². The molecule has 0 aliphatic carbocycles. The molecule has 1 aromatic heterocycles. The van der Waals surface area contributed by atoms with Crippen LogP contribution in [0.2, 0.25) is 5.02 Å². The molecule has 3 rings (SSSR count). The fourth-order valence-electron chi connectivity index (χ4n) is 3.50. The zero-order valence-electron chi connectivity index (χ0n) is 15.2. The summed E-state index contributed by atoms with van der Waals surface area (Å²) in [5.74, 6) is -0.0228. The molecule has 0 saturated carbocycles. The second-order valence-electron chi connectivity index (χ2n) is 6.43. The Morgan fingerprint density at radius 2 is 1.88 bits per heavy atom. The van der Waals surface area contributed by atoms with Crippen molar-refractivity contribution < 1.29 is 9.59 Å². The number of aromatic nitrogens is 1. The molecule has 0 saturated heterocycles. The summed E-state index contributed by atoms with van der Waals surface area (Å²) in [6.07, 6.45) is 2.45. The van der Waals surface area contributed by atoms with E-state index < -0.39 is 0 Å². The van der Waals surface area contributed by atoms with Crippen molar-refractivity contribution in [3.8, 4) is 0 Å². The van der Waals surface area contributed by atoms with Crippen LogP contribution in [0.5, 0.6) is 0 Å². The average Bonchev–Trinajstić information content (AvgIpc) is 3.14. The van der Waals surface area contributed by atoms with Gasteiger partial charge in [-0.3, -0.25) is 9.59 Å². The number of amides is 2. The van der Waals surface area contributed by atoms with E-state index in [1.807, 2.05) is 61.3 Å². The molecule has 6 heteroatoms. The minimum absolute atomic E-state index is 0.00396. The molecule has 1 aliphatic rings. The average molecular weight is 374 g/mol. The molecule has 1 atom stereocenters. The van der Waals surface area contributed by atoms with Crippen LogP contribution in [0, 0.1) is 0 Å².